The number of rotatable bonds is 5. The Hall–Kier alpha value is -3.26. The molecule has 7 nitrogen and oxygen atoms in total. The van der Waals surface area contributed by atoms with Crippen LogP contribution >= 0.6 is 0 Å². The highest BCUT2D eigenvalue weighted by Gasteiger charge is 2.29. The third-order valence-electron chi connectivity index (χ3n) is 6.03. The molecule has 4 heterocycles. The summed E-state index contributed by atoms with van der Waals surface area (Å²) in [4.78, 5) is 21.6. The van der Waals surface area contributed by atoms with Gasteiger partial charge in [0.2, 0.25) is 5.91 Å². The van der Waals surface area contributed by atoms with Crippen molar-refractivity contribution in [3.8, 4) is 11.3 Å². The first-order chi connectivity index (χ1) is 14.9. The Morgan fingerprint density at radius 1 is 1.16 bits per heavy atom. The molecule has 0 saturated carbocycles. The van der Waals surface area contributed by atoms with Crippen LogP contribution in [-0.2, 0) is 30.8 Å². The maximum atomic E-state index is 13.2. The minimum absolute atomic E-state index is 0.0272. The number of benzene rings is 1. The van der Waals surface area contributed by atoms with E-state index in [0.717, 1.165) is 36.5 Å². The van der Waals surface area contributed by atoms with E-state index in [2.05, 4.69) is 28.2 Å². The molecule has 160 valence electrons. The molecule has 0 aliphatic carbocycles. The largest absolute Gasteiger partial charge is 0.397 e. The van der Waals surface area contributed by atoms with Crippen molar-refractivity contribution in [1.82, 2.24) is 24.6 Å². The number of pyridine rings is 1. The van der Waals surface area contributed by atoms with E-state index in [1.54, 1.807) is 29.2 Å². The summed E-state index contributed by atoms with van der Waals surface area (Å²) in [6.45, 7) is 4.24. The molecule has 5 rings (SSSR count). The summed E-state index contributed by atoms with van der Waals surface area (Å²) >= 11 is 0. The number of anilines is 1. The third-order valence-corrected chi connectivity index (χ3v) is 6.03. The SMILES string of the molecule is CN1CC(Cn2cc3c(n2)CN(C(=O)Cc2nc(-c4ccc(F)cc4)ccc2N)C3)C1. The van der Waals surface area contributed by atoms with Gasteiger partial charge in [0.25, 0.3) is 0 Å². The van der Waals surface area contributed by atoms with Gasteiger partial charge in [-0.1, -0.05) is 0 Å². The number of fused-ring (bicyclic) bond motifs is 1. The van der Waals surface area contributed by atoms with E-state index in [1.165, 1.54) is 12.1 Å². The van der Waals surface area contributed by atoms with Gasteiger partial charge in [-0.15, -0.1) is 0 Å². The second kappa shape index (κ2) is 7.77. The molecule has 1 aromatic carbocycles. The minimum Gasteiger partial charge on any atom is -0.397 e. The van der Waals surface area contributed by atoms with Gasteiger partial charge in [-0.3, -0.25) is 14.5 Å². The summed E-state index contributed by atoms with van der Waals surface area (Å²) in [5, 5.41) is 4.69. The molecule has 0 radical (unpaired) electrons. The highest BCUT2D eigenvalue weighted by Crippen LogP contribution is 2.25. The first-order valence-corrected chi connectivity index (χ1v) is 10.5. The summed E-state index contributed by atoms with van der Waals surface area (Å²) in [6.07, 6.45) is 2.20. The Kier molecular flexibility index (Phi) is 4.94. The van der Waals surface area contributed by atoms with Crippen LogP contribution in [0.15, 0.2) is 42.6 Å². The fourth-order valence-corrected chi connectivity index (χ4v) is 4.38. The number of hydrogen-bond acceptors (Lipinski definition) is 5. The van der Waals surface area contributed by atoms with Crippen LogP contribution < -0.4 is 5.73 Å². The van der Waals surface area contributed by atoms with Crippen LogP contribution in [0, 0.1) is 11.7 Å². The molecule has 0 atom stereocenters. The van der Waals surface area contributed by atoms with E-state index in [4.69, 9.17) is 5.73 Å². The van der Waals surface area contributed by atoms with Crippen LogP contribution in [0.2, 0.25) is 0 Å². The van der Waals surface area contributed by atoms with E-state index in [0.29, 0.717) is 36.1 Å². The molecule has 2 aliphatic heterocycles. The van der Waals surface area contributed by atoms with Gasteiger partial charge in [-0.2, -0.15) is 5.10 Å². The van der Waals surface area contributed by atoms with Crippen molar-refractivity contribution in [2.24, 2.45) is 5.92 Å². The second-order valence-electron chi connectivity index (χ2n) is 8.58. The van der Waals surface area contributed by atoms with E-state index < -0.39 is 0 Å². The van der Waals surface area contributed by atoms with Gasteiger partial charge in [0, 0.05) is 49.4 Å². The van der Waals surface area contributed by atoms with E-state index in [-0.39, 0.29) is 18.1 Å². The minimum atomic E-state index is -0.301. The molecule has 8 heteroatoms. The Balaban J connectivity index is 1.24. The van der Waals surface area contributed by atoms with Crippen molar-refractivity contribution in [3.05, 3.63) is 65.4 Å². The standard InChI is InChI=1S/C23H25FN6O/c1-28-9-15(10-28)11-30-13-17-12-29(14-22(17)27-30)23(31)8-21-19(25)6-7-20(26-21)16-2-4-18(24)5-3-16/h2-7,13,15H,8-12,14,25H2,1H3. The lowest BCUT2D eigenvalue weighted by molar-refractivity contribution is -0.131. The van der Waals surface area contributed by atoms with E-state index >= 15 is 0 Å². The number of likely N-dealkylation sites (tertiary alicyclic amines) is 1. The van der Waals surface area contributed by atoms with Gasteiger partial charge in [0.15, 0.2) is 0 Å². The summed E-state index contributed by atoms with van der Waals surface area (Å²) in [5.74, 6) is 0.329. The predicted molar refractivity (Wildman–Crippen MR) is 115 cm³/mol. The number of halogens is 1. The van der Waals surface area contributed by atoms with Crippen LogP contribution in [-0.4, -0.2) is 50.6 Å². The Bertz CT molecular complexity index is 1100. The topological polar surface area (TPSA) is 80.3 Å². The average Bonchev–Trinajstić information content (AvgIpc) is 3.28. The van der Waals surface area contributed by atoms with Crippen LogP contribution in [0.4, 0.5) is 10.1 Å². The Morgan fingerprint density at radius 2 is 1.94 bits per heavy atom. The molecule has 2 aromatic heterocycles. The zero-order chi connectivity index (χ0) is 21.5. The number of carbonyl (C=O) groups is 1. The third kappa shape index (κ3) is 4.03. The zero-order valence-corrected chi connectivity index (χ0v) is 17.5. The van der Waals surface area contributed by atoms with Gasteiger partial charge in [0.05, 0.1) is 35.7 Å². The van der Waals surface area contributed by atoms with Gasteiger partial charge >= 0.3 is 0 Å². The lowest BCUT2D eigenvalue weighted by Crippen LogP contribution is -2.45. The van der Waals surface area contributed by atoms with Gasteiger partial charge in [0.1, 0.15) is 5.82 Å². The van der Waals surface area contributed by atoms with Gasteiger partial charge < -0.3 is 15.5 Å². The van der Waals surface area contributed by atoms with Crippen LogP contribution in [0.3, 0.4) is 0 Å². The molecule has 0 bridgehead atoms. The zero-order valence-electron chi connectivity index (χ0n) is 17.5. The maximum Gasteiger partial charge on any atom is 0.229 e. The number of amides is 1. The number of nitrogens with two attached hydrogens (primary N) is 1. The van der Waals surface area contributed by atoms with Gasteiger partial charge in [-0.25, -0.2) is 4.39 Å². The van der Waals surface area contributed by atoms with Crippen LogP contribution in [0.25, 0.3) is 11.3 Å². The molecular formula is C23H25FN6O. The van der Waals surface area contributed by atoms with Crippen molar-refractivity contribution < 1.29 is 9.18 Å². The van der Waals surface area contributed by atoms with Crippen molar-refractivity contribution in [3.63, 3.8) is 0 Å². The Labute approximate surface area is 180 Å². The maximum absolute atomic E-state index is 13.2. The normalized spacial score (nSPS) is 16.4. The molecule has 1 fully saturated rings. The molecule has 1 amide bonds. The van der Waals surface area contributed by atoms with Crippen LogP contribution in [0.1, 0.15) is 17.0 Å². The molecule has 3 aromatic rings. The fourth-order valence-electron chi connectivity index (χ4n) is 4.38. The number of aromatic nitrogens is 3. The molecule has 1 saturated heterocycles. The highest BCUT2D eigenvalue weighted by atomic mass is 19.1. The van der Waals surface area contributed by atoms with Crippen LogP contribution in [0.5, 0.6) is 0 Å². The highest BCUT2D eigenvalue weighted by molar-refractivity contribution is 5.80. The fraction of sp³-hybridized carbons (Fsp3) is 0.348. The lowest BCUT2D eigenvalue weighted by Gasteiger charge is -2.36. The van der Waals surface area contributed by atoms with Crippen molar-refractivity contribution in [2.75, 3.05) is 25.9 Å². The molecular weight excluding hydrogens is 395 g/mol. The number of nitrogens with zero attached hydrogens (tertiary/aromatic N) is 5. The molecule has 31 heavy (non-hydrogen) atoms. The number of nitrogen functional groups attached to an aromatic ring is 1. The van der Waals surface area contributed by atoms with E-state index in [9.17, 15) is 9.18 Å². The first kappa shape index (κ1) is 19.7. The molecule has 0 spiro atoms. The van der Waals surface area contributed by atoms with Crippen molar-refractivity contribution in [2.45, 2.75) is 26.1 Å². The summed E-state index contributed by atoms with van der Waals surface area (Å²) in [7, 11) is 2.13. The summed E-state index contributed by atoms with van der Waals surface area (Å²) in [5.41, 5.74) is 10.6. The monoisotopic (exact) mass is 420 g/mol. The van der Waals surface area contributed by atoms with E-state index in [1.807, 2.05) is 4.68 Å². The van der Waals surface area contributed by atoms with Crippen molar-refractivity contribution in [1.29, 1.82) is 0 Å². The summed E-state index contributed by atoms with van der Waals surface area (Å²) in [6, 6.07) is 9.64. The second-order valence-corrected chi connectivity index (χ2v) is 8.58. The molecule has 2 N–H and O–H groups in total. The first-order valence-electron chi connectivity index (χ1n) is 10.5. The quantitative estimate of drug-likeness (QED) is 0.685. The van der Waals surface area contributed by atoms with Crippen molar-refractivity contribution >= 4 is 11.6 Å². The smallest absolute Gasteiger partial charge is 0.229 e. The number of hydrogen-bond donors (Lipinski definition) is 1. The number of carbonyl (C=O) groups excluding carboxylic acids is 1. The predicted octanol–water partition coefficient (Wildman–Crippen LogP) is 2.31. The molecule has 2 aliphatic rings. The summed E-state index contributed by atoms with van der Waals surface area (Å²) < 4.78 is 15.2. The molecule has 0 unspecified atom stereocenters. The average molecular weight is 420 g/mol. The van der Waals surface area contributed by atoms with Gasteiger partial charge in [-0.05, 0) is 43.4 Å². The Morgan fingerprint density at radius 3 is 2.65 bits per heavy atom. The lowest BCUT2D eigenvalue weighted by atomic mass is 10.0.